The highest BCUT2D eigenvalue weighted by Crippen LogP contribution is 2.32. The summed E-state index contributed by atoms with van der Waals surface area (Å²) in [4.78, 5) is 22.3. The van der Waals surface area contributed by atoms with Gasteiger partial charge in [-0.1, -0.05) is 5.92 Å². The molecule has 0 spiro atoms. The second-order valence-electron chi connectivity index (χ2n) is 3.81. The fraction of sp³-hybridized carbons (Fsp3) is 0.636. The summed E-state index contributed by atoms with van der Waals surface area (Å²) in [6.07, 6.45) is 6.81. The van der Waals surface area contributed by atoms with Crippen LogP contribution in [0.5, 0.6) is 0 Å². The van der Waals surface area contributed by atoms with Crippen LogP contribution >= 0.6 is 11.8 Å². The van der Waals surface area contributed by atoms with Crippen molar-refractivity contribution in [3.63, 3.8) is 0 Å². The van der Waals surface area contributed by atoms with Crippen LogP contribution < -0.4 is 10.6 Å². The van der Waals surface area contributed by atoms with Crippen molar-refractivity contribution in [1.29, 1.82) is 0 Å². The third-order valence-corrected chi connectivity index (χ3v) is 3.23. The lowest BCUT2D eigenvalue weighted by Crippen LogP contribution is -2.47. The molecule has 1 unspecified atom stereocenters. The molecule has 1 atom stereocenters. The minimum Gasteiger partial charge on any atom is -0.480 e. The zero-order valence-electron chi connectivity index (χ0n) is 9.44. The molecule has 1 rings (SSSR count). The van der Waals surface area contributed by atoms with E-state index in [9.17, 15) is 9.59 Å². The van der Waals surface area contributed by atoms with Crippen LogP contribution in [0.25, 0.3) is 0 Å². The summed E-state index contributed by atoms with van der Waals surface area (Å²) in [5.41, 5.74) is 0. The third kappa shape index (κ3) is 5.50. The van der Waals surface area contributed by atoms with Crippen molar-refractivity contribution in [2.24, 2.45) is 5.92 Å². The van der Waals surface area contributed by atoms with Gasteiger partial charge in [0.05, 0.1) is 5.75 Å². The van der Waals surface area contributed by atoms with E-state index in [4.69, 9.17) is 11.5 Å². The predicted molar refractivity (Wildman–Crippen MR) is 66.8 cm³/mol. The Morgan fingerprint density at radius 3 is 2.76 bits per heavy atom. The molecular formula is C11H16N2O3S. The van der Waals surface area contributed by atoms with Crippen LogP contribution in [0, 0.1) is 18.3 Å². The molecule has 0 aromatic heterocycles. The number of nitrogens with one attached hydrogen (secondary N) is 2. The van der Waals surface area contributed by atoms with E-state index >= 15 is 0 Å². The van der Waals surface area contributed by atoms with Gasteiger partial charge in [-0.15, -0.1) is 18.2 Å². The number of aliphatic carboxylic acids is 1. The van der Waals surface area contributed by atoms with Crippen molar-refractivity contribution in [3.8, 4) is 12.3 Å². The molecule has 1 aliphatic rings. The van der Waals surface area contributed by atoms with Gasteiger partial charge in [-0.05, 0) is 18.8 Å². The van der Waals surface area contributed by atoms with E-state index in [-0.39, 0.29) is 5.92 Å². The topological polar surface area (TPSA) is 78.4 Å². The van der Waals surface area contributed by atoms with Gasteiger partial charge in [0.25, 0.3) is 0 Å². The first-order chi connectivity index (χ1) is 8.15. The molecule has 94 valence electrons. The second-order valence-corrected chi connectivity index (χ2v) is 4.92. The highest BCUT2D eigenvalue weighted by molar-refractivity contribution is 7.99. The monoisotopic (exact) mass is 256 g/mol. The van der Waals surface area contributed by atoms with Crippen molar-refractivity contribution in [2.75, 3.05) is 18.1 Å². The molecule has 1 fully saturated rings. The summed E-state index contributed by atoms with van der Waals surface area (Å²) in [6.45, 7) is 0.481. The lowest BCUT2D eigenvalue weighted by Gasteiger charge is -2.14. The van der Waals surface area contributed by atoms with Crippen LogP contribution in [0.1, 0.15) is 12.8 Å². The molecule has 5 nitrogen and oxygen atoms in total. The van der Waals surface area contributed by atoms with Crippen LogP contribution in [0.4, 0.5) is 4.79 Å². The number of carbonyl (C=O) groups is 2. The summed E-state index contributed by atoms with van der Waals surface area (Å²) in [7, 11) is 0. The van der Waals surface area contributed by atoms with Gasteiger partial charge in [-0.2, -0.15) is 0 Å². The number of rotatable bonds is 7. The Balaban J connectivity index is 2.15. The number of terminal acetylenes is 1. The number of carboxylic acid groups (broad SMARTS) is 1. The maximum absolute atomic E-state index is 11.4. The van der Waals surface area contributed by atoms with Crippen molar-refractivity contribution in [3.05, 3.63) is 0 Å². The molecule has 1 saturated carbocycles. The Bertz CT molecular complexity index is 323. The van der Waals surface area contributed by atoms with Crippen LogP contribution in [0.3, 0.4) is 0 Å². The van der Waals surface area contributed by atoms with Crippen LogP contribution in [0.15, 0.2) is 0 Å². The number of urea groups is 1. The summed E-state index contributed by atoms with van der Waals surface area (Å²) in [5.74, 6) is 2.94. The Hall–Kier alpha value is -1.35. The molecule has 6 heteroatoms. The number of thioether (sulfide) groups is 1. The summed E-state index contributed by atoms with van der Waals surface area (Å²) >= 11 is 1.54. The molecule has 0 radical (unpaired) electrons. The van der Waals surface area contributed by atoms with Crippen LogP contribution in [-0.2, 0) is 4.79 Å². The standard InChI is InChI=1S/C11H16N2O3S/c1-2-6-17-7-5-12-11(16)13-9(10(14)15)8-3-4-8/h1,8-9H,3-7H2,(H,14,15)(H2,12,13,16). The van der Waals surface area contributed by atoms with Gasteiger partial charge in [-0.25, -0.2) is 9.59 Å². The van der Waals surface area contributed by atoms with Gasteiger partial charge in [-0.3, -0.25) is 0 Å². The molecule has 0 heterocycles. The summed E-state index contributed by atoms with van der Waals surface area (Å²) in [5, 5.41) is 14.0. The highest BCUT2D eigenvalue weighted by Gasteiger charge is 2.37. The van der Waals surface area contributed by atoms with E-state index in [1.54, 1.807) is 11.8 Å². The predicted octanol–water partition coefficient (Wildman–Crippen LogP) is 0.515. The Morgan fingerprint density at radius 1 is 1.53 bits per heavy atom. The molecule has 0 aromatic carbocycles. The summed E-state index contributed by atoms with van der Waals surface area (Å²) in [6, 6.07) is -1.18. The molecule has 17 heavy (non-hydrogen) atoms. The molecule has 3 N–H and O–H groups in total. The van der Waals surface area contributed by atoms with Crippen LogP contribution in [-0.4, -0.2) is 41.2 Å². The van der Waals surface area contributed by atoms with Crippen molar-refractivity contribution >= 4 is 23.8 Å². The smallest absolute Gasteiger partial charge is 0.326 e. The quantitative estimate of drug-likeness (QED) is 0.458. The lowest BCUT2D eigenvalue weighted by atomic mass is 10.2. The maximum Gasteiger partial charge on any atom is 0.326 e. The minimum atomic E-state index is -0.968. The molecular weight excluding hydrogens is 240 g/mol. The Labute approximate surface area is 105 Å². The van der Waals surface area contributed by atoms with E-state index in [0.29, 0.717) is 12.3 Å². The van der Waals surface area contributed by atoms with Crippen molar-refractivity contribution < 1.29 is 14.7 Å². The molecule has 0 saturated heterocycles. The maximum atomic E-state index is 11.4. The van der Waals surface area contributed by atoms with Gasteiger partial charge in [0.15, 0.2) is 0 Å². The largest absolute Gasteiger partial charge is 0.480 e. The average Bonchev–Trinajstić information content (AvgIpc) is 3.09. The van der Waals surface area contributed by atoms with Crippen molar-refractivity contribution in [1.82, 2.24) is 10.6 Å². The number of carboxylic acids is 1. The fourth-order valence-corrected chi connectivity index (χ4v) is 1.88. The Kier molecular flexibility index (Phi) is 5.70. The normalized spacial score (nSPS) is 15.7. The van der Waals surface area contributed by atoms with Gasteiger partial charge in [0.2, 0.25) is 0 Å². The Morgan fingerprint density at radius 2 is 2.24 bits per heavy atom. The van der Waals surface area contributed by atoms with E-state index in [0.717, 1.165) is 18.6 Å². The third-order valence-electron chi connectivity index (χ3n) is 2.36. The second kappa shape index (κ2) is 7.07. The average molecular weight is 256 g/mol. The van der Waals surface area contributed by atoms with E-state index in [1.807, 2.05) is 0 Å². The molecule has 1 aliphatic carbocycles. The molecule has 0 bridgehead atoms. The van der Waals surface area contributed by atoms with E-state index < -0.39 is 18.0 Å². The number of hydrogen-bond donors (Lipinski definition) is 3. The zero-order chi connectivity index (χ0) is 12.7. The number of carbonyl (C=O) groups excluding carboxylic acids is 1. The van der Waals surface area contributed by atoms with E-state index in [2.05, 4.69) is 16.6 Å². The zero-order valence-corrected chi connectivity index (χ0v) is 10.3. The SMILES string of the molecule is C#CCSCCNC(=O)NC(C(=O)O)C1CC1. The van der Waals surface area contributed by atoms with Gasteiger partial charge < -0.3 is 15.7 Å². The van der Waals surface area contributed by atoms with Crippen molar-refractivity contribution in [2.45, 2.75) is 18.9 Å². The first-order valence-corrected chi connectivity index (χ1v) is 6.59. The van der Waals surface area contributed by atoms with Gasteiger partial charge in [0.1, 0.15) is 6.04 Å². The first-order valence-electron chi connectivity index (χ1n) is 5.43. The molecule has 0 aromatic rings. The van der Waals surface area contributed by atoms with Crippen LogP contribution in [0.2, 0.25) is 0 Å². The summed E-state index contributed by atoms with van der Waals surface area (Å²) < 4.78 is 0. The fourth-order valence-electron chi connectivity index (χ4n) is 1.37. The first kappa shape index (κ1) is 13.7. The van der Waals surface area contributed by atoms with Gasteiger partial charge in [0, 0.05) is 12.3 Å². The lowest BCUT2D eigenvalue weighted by molar-refractivity contribution is -0.139. The minimum absolute atomic E-state index is 0.0917. The number of amides is 2. The van der Waals surface area contributed by atoms with Gasteiger partial charge >= 0.3 is 12.0 Å². The highest BCUT2D eigenvalue weighted by atomic mass is 32.2. The molecule has 2 amide bonds. The molecule has 0 aliphatic heterocycles. The number of hydrogen-bond acceptors (Lipinski definition) is 3. The van der Waals surface area contributed by atoms with E-state index in [1.165, 1.54) is 0 Å².